The van der Waals surface area contributed by atoms with E-state index in [0.29, 0.717) is 23.7 Å². The number of hydrogen-bond acceptors (Lipinski definition) is 3. The van der Waals surface area contributed by atoms with E-state index in [0.717, 1.165) is 38.5 Å². The van der Waals surface area contributed by atoms with Crippen LogP contribution in [0.3, 0.4) is 0 Å². The number of methoxy groups -OCH3 is 1. The Balaban J connectivity index is 2.03. The molecule has 1 aliphatic carbocycles. The number of ether oxygens (including phenoxy) is 1. The highest BCUT2D eigenvalue weighted by molar-refractivity contribution is 7.89. The first-order valence-corrected chi connectivity index (χ1v) is 9.27. The van der Waals surface area contributed by atoms with Crippen molar-refractivity contribution in [3.63, 3.8) is 0 Å². The van der Waals surface area contributed by atoms with Crippen molar-refractivity contribution in [3.05, 3.63) is 23.3 Å². The lowest BCUT2D eigenvalue weighted by molar-refractivity contribution is 0.342. The normalized spacial score (nSPS) is 20.0. The maximum atomic E-state index is 12.9. The van der Waals surface area contributed by atoms with Gasteiger partial charge in [0.2, 0.25) is 10.0 Å². The summed E-state index contributed by atoms with van der Waals surface area (Å²) in [6.45, 7) is 1.26. The number of hydrogen-bond donors (Lipinski definition) is 0. The largest absolute Gasteiger partial charge is 0.495 e. The van der Waals surface area contributed by atoms with E-state index in [1.807, 2.05) is 12.1 Å². The van der Waals surface area contributed by atoms with Gasteiger partial charge in [-0.1, -0.05) is 6.42 Å². The molecule has 1 saturated heterocycles. The number of sulfonamides is 1. The zero-order chi connectivity index (χ0) is 14.9. The molecule has 0 N–H and O–H groups in total. The van der Waals surface area contributed by atoms with Gasteiger partial charge in [-0.3, -0.25) is 0 Å². The molecule has 2 aliphatic rings. The van der Waals surface area contributed by atoms with Gasteiger partial charge in [0.25, 0.3) is 0 Å². The van der Waals surface area contributed by atoms with Gasteiger partial charge < -0.3 is 4.74 Å². The summed E-state index contributed by atoms with van der Waals surface area (Å²) in [6.07, 6.45) is 7.33. The van der Waals surface area contributed by atoms with Crippen LogP contribution in [0.2, 0.25) is 0 Å². The number of rotatable bonds is 3. The van der Waals surface area contributed by atoms with E-state index in [9.17, 15) is 8.42 Å². The predicted octanol–water partition coefficient (Wildman–Crippen LogP) is 2.75. The highest BCUT2D eigenvalue weighted by atomic mass is 32.2. The van der Waals surface area contributed by atoms with Gasteiger partial charge in [0, 0.05) is 13.1 Å². The minimum absolute atomic E-state index is 0.354. The maximum absolute atomic E-state index is 12.9. The SMILES string of the molecule is COc1cc2c(cc1S(=O)(=O)N1CCCCC1)CCCC2. The predicted molar refractivity (Wildman–Crippen MR) is 82.2 cm³/mol. The maximum Gasteiger partial charge on any atom is 0.246 e. The Morgan fingerprint density at radius 1 is 0.952 bits per heavy atom. The van der Waals surface area contributed by atoms with Gasteiger partial charge in [0.1, 0.15) is 10.6 Å². The Kier molecular flexibility index (Phi) is 4.22. The molecule has 1 aliphatic heterocycles. The molecule has 0 aromatic heterocycles. The molecule has 0 spiro atoms. The average Bonchev–Trinajstić information content (AvgIpc) is 2.54. The van der Waals surface area contributed by atoms with Crippen molar-refractivity contribution in [2.45, 2.75) is 49.8 Å². The van der Waals surface area contributed by atoms with Crippen molar-refractivity contribution in [1.29, 1.82) is 0 Å². The van der Waals surface area contributed by atoms with Crippen molar-refractivity contribution in [3.8, 4) is 5.75 Å². The van der Waals surface area contributed by atoms with Crippen LogP contribution in [0.4, 0.5) is 0 Å². The first-order chi connectivity index (χ1) is 10.1. The zero-order valence-electron chi connectivity index (χ0n) is 12.6. The summed E-state index contributed by atoms with van der Waals surface area (Å²) in [6, 6.07) is 3.79. The van der Waals surface area contributed by atoms with Crippen molar-refractivity contribution in [2.24, 2.45) is 0 Å². The van der Waals surface area contributed by atoms with Crippen LogP contribution in [-0.2, 0) is 22.9 Å². The highest BCUT2D eigenvalue weighted by Gasteiger charge is 2.30. The van der Waals surface area contributed by atoms with Crippen LogP contribution in [0, 0.1) is 0 Å². The second kappa shape index (κ2) is 5.97. The minimum atomic E-state index is -3.43. The van der Waals surface area contributed by atoms with Gasteiger partial charge in [-0.2, -0.15) is 4.31 Å². The van der Waals surface area contributed by atoms with Crippen LogP contribution in [0.25, 0.3) is 0 Å². The number of benzene rings is 1. The smallest absolute Gasteiger partial charge is 0.246 e. The van der Waals surface area contributed by atoms with E-state index in [4.69, 9.17) is 4.74 Å². The van der Waals surface area contributed by atoms with Gasteiger partial charge in [-0.05, 0) is 61.8 Å². The van der Waals surface area contributed by atoms with E-state index < -0.39 is 10.0 Å². The minimum Gasteiger partial charge on any atom is -0.495 e. The van der Waals surface area contributed by atoms with Gasteiger partial charge in [-0.15, -0.1) is 0 Å². The molecule has 1 fully saturated rings. The molecular formula is C16H23NO3S. The Morgan fingerprint density at radius 2 is 1.57 bits per heavy atom. The van der Waals surface area contributed by atoms with Crippen LogP contribution in [0.1, 0.15) is 43.2 Å². The standard InChI is InChI=1S/C16H23NO3S/c1-20-15-11-13-7-3-4-8-14(13)12-16(15)21(18,19)17-9-5-2-6-10-17/h11-12H,2-10H2,1H3. The number of fused-ring (bicyclic) bond motifs is 1. The summed E-state index contributed by atoms with van der Waals surface area (Å²) in [4.78, 5) is 0.354. The molecule has 0 radical (unpaired) electrons. The van der Waals surface area contributed by atoms with Gasteiger partial charge in [0.05, 0.1) is 7.11 Å². The molecule has 0 saturated carbocycles. The van der Waals surface area contributed by atoms with Crippen LogP contribution in [-0.4, -0.2) is 32.9 Å². The monoisotopic (exact) mass is 309 g/mol. The lowest BCUT2D eigenvalue weighted by Crippen LogP contribution is -2.35. The van der Waals surface area contributed by atoms with E-state index in [2.05, 4.69) is 0 Å². The molecule has 21 heavy (non-hydrogen) atoms. The average molecular weight is 309 g/mol. The molecule has 1 aromatic rings. The first kappa shape index (κ1) is 14.9. The van der Waals surface area contributed by atoms with Gasteiger partial charge in [-0.25, -0.2) is 8.42 Å². The summed E-state index contributed by atoms with van der Waals surface area (Å²) in [7, 11) is -1.87. The fourth-order valence-electron chi connectivity index (χ4n) is 3.35. The Labute approximate surface area is 127 Å². The van der Waals surface area contributed by atoms with E-state index in [1.165, 1.54) is 17.5 Å². The molecule has 5 heteroatoms. The fourth-order valence-corrected chi connectivity index (χ4v) is 5.05. The molecule has 4 nitrogen and oxygen atoms in total. The lowest BCUT2D eigenvalue weighted by Gasteiger charge is -2.27. The Bertz CT molecular complexity index is 619. The lowest BCUT2D eigenvalue weighted by atomic mass is 9.92. The van der Waals surface area contributed by atoms with E-state index in [1.54, 1.807) is 11.4 Å². The zero-order valence-corrected chi connectivity index (χ0v) is 13.4. The highest BCUT2D eigenvalue weighted by Crippen LogP contribution is 2.34. The van der Waals surface area contributed by atoms with Crippen LogP contribution < -0.4 is 4.74 Å². The molecule has 0 amide bonds. The summed E-state index contributed by atoms with van der Waals surface area (Å²) >= 11 is 0. The topological polar surface area (TPSA) is 46.6 Å². The second-order valence-electron chi connectivity index (χ2n) is 5.94. The van der Waals surface area contributed by atoms with Crippen LogP contribution >= 0.6 is 0 Å². The summed E-state index contributed by atoms with van der Waals surface area (Å²) in [5.74, 6) is 0.501. The molecule has 0 bridgehead atoms. The molecule has 0 atom stereocenters. The van der Waals surface area contributed by atoms with Crippen LogP contribution in [0.15, 0.2) is 17.0 Å². The third kappa shape index (κ3) is 2.81. The molecule has 116 valence electrons. The van der Waals surface area contributed by atoms with E-state index in [-0.39, 0.29) is 0 Å². The molecule has 0 unspecified atom stereocenters. The van der Waals surface area contributed by atoms with E-state index >= 15 is 0 Å². The third-order valence-corrected chi connectivity index (χ3v) is 6.48. The summed E-state index contributed by atoms with van der Waals surface area (Å²) in [5.41, 5.74) is 2.42. The number of piperidine rings is 1. The molecule has 3 rings (SSSR count). The first-order valence-electron chi connectivity index (χ1n) is 7.83. The molecule has 1 heterocycles. The second-order valence-corrected chi connectivity index (χ2v) is 7.85. The van der Waals surface area contributed by atoms with Gasteiger partial charge in [0.15, 0.2) is 0 Å². The number of nitrogens with zero attached hydrogens (tertiary/aromatic N) is 1. The number of aryl methyl sites for hydroxylation is 2. The Morgan fingerprint density at radius 3 is 2.19 bits per heavy atom. The van der Waals surface area contributed by atoms with Crippen molar-refractivity contribution in [1.82, 2.24) is 4.31 Å². The fraction of sp³-hybridized carbons (Fsp3) is 0.625. The van der Waals surface area contributed by atoms with Crippen molar-refractivity contribution >= 4 is 10.0 Å². The third-order valence-electron chi connectivity index (χ3n) is 4.56. The Hall–Kier alpha value is -1.07. The summed E-state index contributed by atoms with van der Waals surface area (Å²) in [5, 5.41) is 0. The molecular weight excluding hydrogens is 286 g/mol. The van der Waals surface area contributed by atoms with Crippen LogP contribution in [0.5, 0.6) is 5.75 Å². The quantitative estimate of drug-likeness (QED) is 0.862. The van der Waals surface area contributed by atoms with Crippen molar-refractivity contribution in [2.75, 3.05) is 20.2 Å². The van der Waals surface area contributed by atoms with Gasteiger partial charge >= 0.3 is 0 Å². The summed E-state index contributed by atoms with van der Waals surface area (Å²) < 4.78 is 32.8. The molecule has 1 aromatic carbocycles. The van der Waals surface area contributed by atoms with Crippen molar-refractivity contribution < 1.29 is 13.2 Å².